The molecule has 0 bridgehead atoms. The summed E-state index contributed by atoms with van der Waals surface area (Å²) in [6, 6.07) is 14.4. The molecule has 140 valence electrons. The molecule has 0 saturated carbocycles. The van der Waals surface area contributed by atoms with Crippen LogP contribution >= 0.6 is 0 Å². The summed E-state index contributed by atoms with van der Waals surface area (Å²) in [6.45, 7) is 5.87. The number of hydrogen-bond acceptors (Lipinski definition) is 6. The first-order chi connectivity index (χ1) is 13.1. The summed E-state index contributed by atoms with van der Waals surface area (Å²) in [5.74, 6) is 1.45. The summed E-state index contributed by atoms with van der Waals surface area (Å²) in [4.78, 5) is 0. The standard InChI is InChI=1S/C21H24N4O2/c1-21(2,15-7-5-4-6-8-15)13-22-20-18-17(26-3)10-9-16(19(18)27-25-20)14-11-23-24-12-14/h4-11,23-24H,12-13H2,1-3H3,(H,22,25). The molecule has 0 amide bonds. The van der Waals surface area contributed by atoms with Crippen LogP contribution in [0.4, 0.5) is 5.82 Å². The Labute approximate surface area is 158 Å². The molecule has 27 heavy (non-hydrogen) atoms. The van der Waals surface area contributed by atoms with Crippen molar-refractivity contribution in [1.82, 2.24) is 16.0 Å². The van der Waals surface area contributed by atoms with Crippen LogP contribution in [-0.4, -0.2) is 25.4 Å². The molecule has 3 N–H and O–H groups in total. The van der Waals surface area contributed by atoms with E-state index in [1.54, 1.807) is 7.11 Å². The minimum atomic E-state index is -0.0564. The average molecular weight is 364 g/mol. The number of fused-ring (bicyclic) bond motifs is 1. The molecule has 0 fully saturated rings. The molecule has 3 aromatic rings. The Morgan fingerprint density at radius 1 is 1.19 bits per heavy atom. The van der Waals surface area contributed by atoms with Gasteiger partial charge in [-0.2, -0.15) is 0 Å². The van der Waals surface area contributed by atoms with Crippen LogP contribution in [0, 0.1) is 0 Å². The number of benzene rings is 2. The molecule has 0 radical (unpaired) electrons. The van der Waals surface area contributed by atoms with E-state index < -0.39 is 0 Å². The second-order valence-corrected chi connectivity index (χ2v) is 7.32. The van der Waals surface area contributed by atoms with Gasteiger partial charge in [-0.05, 0) is 23.3 Å². The Morgan fingerprint density at radius 3 is 2.70 bits per heavy atom. The first kappa shape index (κ1) is 17.4. The van der Waals surface area contributed by atoms with E-state index in [0.717, 1.165) is 40.9 Å². The summed E-state index contributed by atoms with van der Waals surface area (Å²) in [6.07, 6.45) is 1.94. The molecule has 1 aliphatic rings. The first-order valence-electron chi connectivity index (χ1n) is 9.04. The summed E-state index contributed by atoms with van der Waals surface area (Å²) >= 11 is 0. The lowest BCUT2D eigenvalue weighted by molar-refractivity contribution is 0.419. The highest BCUT2D eigenvalue weighted by Crippen LogP contribution is 2.37. The summed E-state index contributed by atoms with van der Waals surface area (Å²) < 4.78 is 11.3. The van der Waals surface area contributed by atoms with Crippen LogP contribution in [0.1, 0.15) is 25.0 Å². The van der Waals surface area contributed by atoms with Crippen molar-refractivity contribution in [1.29, 1.82) is 0 Å². The Morgan fingerprint density at radius 2 is 2.00 bits per heavy atom. The van der Waals surface area contributed by atoms with Crippen LogP contribution in [0.3, 0.4) is 0 Å². The van der Waals surface area contributed by atoms with Crippen molar-refractivity contribution in [2.45, 2.75) is 19.3 Å². The fourth-order valence-electron chi connectivity index (χ4n) is 3.37. The predicted octanol–water partition coefficient (Wildman–Crippen LogP) is 3.67. The maximum atomic E-state index is 5.72. The van der Waals surface area contributed by atoms with Gasteiger partial charge in [0.1, 0.15) is 11.1 Å². The maximum absolute atomic E-state index is 5.72. The van der Waals surface area contributed by atoms with Crippen molar-refractivity contribution in [3.05, 3.63) is 59.8 Å². The monoisotopic (exact) mass is 364 g/mol. The molecule has 6 heteroatoms. The van der Waals surface area contributed by atoms with Crippen LogP contribution in [0.2, 0.25) is 0 Å². The normalized spacial score (nSPS) is 14.1. The topological polar surface area (TPSA) is 71.3 Å². The first-order valence-corrected chi connectivity index (χ1v) is 9.04. The number of nitrogens with one attached hydrogen (secondary N) is 3. The highest BCUT2D eigenvalue weighted by molar-refractivity contribution is 6.00. The van der Waals surface area contributed by atoms with Gasteiger partial charge in [0.25, 0.3) is 0 Å². The van der Waals surface area contributed by atoms with Gasteiger partial charge in [0.05, 0.1) is 7.11 Å². The fraction of sp³-hybridized carbons (Fsp3) is 0.286. The molecule has 0 unspecified atom stereocenters. The van der Waals surface area contributed by atoms with Gasteiger partial charge in [-0.3, -0.25) is 0 Å². The van der Waals surface area contributed by atoms with Gasteiger partial charge >= 0.3 is 0 Å². The molecule has 4 rings (SSSR count). The van der Waals surface area contributed by atoms with Crippen LogP contribution in [0.15, 0.2) is 53.2 Å². The number of aromatic nitrogens is 1. The van der Waals surface area contributed by atoms with Gasteiger partial charge in [0, 0.05) is 30.3 Å². The minimum Gasteiger partial charge on any atom is -0.496 e. The predicted molar refractivity (Wildman–Crippen MR) is 108 cm³/mol. The van der Waals surface area contributed by atoms with Gasteiger partial charge in [-0.1, -0.05) is 49.3 Å². The van der Waals surface area contributed by atoms with Gasteiger partial charge < -0.3 is 20.0 Å². The highest BCUT2D eigenvalue weighted by atomic mass is 16.5. The van der Waals surface area contributed by atoms with Crippen molar-refractivity contribution in [3.63, 3.8) is 0 Å². The molecule has 0 spiro atoms. The largest absolute Gasteiger partial charge is 0.496 e. The number of ether oxygens (including phenoxy) is 1. The molecule has 1 aromatic heterocycles. The third-order valence-corrected chi connectivity index (χ3v) is 5.03. The van der Waals surface area contributed by atoms with Crippen molar-refractivity contribution < 1.29 is 9.26 Å². The second-order valence-electron chi connectivity index (χ2n) is 7.32. The van der Waals surface area contributed by atoms with E-state index in [4.69, 9.17) is 9.26 Å². The van der Waals surface area contributed by atoms with Gasteiger partial charge in [-0.25, -0.2) is 5.43 Å². The molecule has 0 atom stereocenters. The lowest BCUT2D eigenvalue weighted by Gasteiger charge is -2.25. The smallest absolute Gasteiger partial charge is 0.181 e. The van der Waals surface area contributed by atoms with E-state index in [1.165, 1.54) is 5.56 Å². The van der Waals surface area contributed by atoms with Gasteiger partial charge in [0.2, 0.25) is 0 Å². The molecule has 2 aromatic carbocycles. The molecule has 0 saturated heterocycles. The highest BCUT2D eigenvalue weighted by Gasteiger charge is 2.24. The number of anilines is 1. The van der Waals surface area contributed by atoms with Crippen LogP contribution < -0.4 is 20.9 Å². The third kappa shape index (κ3) is 3.24. The lowest BCUT2D eigenvalue weighted by atomic mass is 9.84. The van der Waals surface area contributed by atoms with Crippen molar-refractivity contribution >= 4 is 22.4 Å². The fourth-order valence-corrected chi connectivity index (χ4v) is 3.37. The Kier molecular flexibility index (Phi) is 4.49. The zero-order valence-electron chi connectivity index (χ0n) is 15.8. The molecule has 6 nitrogen and oxygen atoms in total. The SMILES string of the molecule is COc1ccc(C2=CNNC2)c2onc(NCC(C)(C)c3ccccc3)c12. The van der Waals surface area contributed by atoms with Crippen molar-refractivity contribution in [3.8, 4) is 5.75 Å². The maximum Gasteiger partial charge on any atom is 0.181 e. The van der Waals surface area contributed by atoms with Crippen LogP contribution in [-0.2, 0) is 5.41 Å². The van der Waals surface area contributed by atoms with E-state index >= 15 is 0 Å². The zero-order chi connectivity index (χ0) is 18.9. The molecule has 0 aliphatic carbocycles. The molecular weight excluding hydrogens is 340 g/mol. The molecule has 2 heterocycles. The van der Waals surface area contributed by atoms with E-state index in [0.29, 0.717) is 5.82 Å². The van der Waals surface area contributed by atoms with E-state index in [2.05, 4.69) is 59.4 Å². The van der Waals surface area contributed by atoms with Gasteiger partial charge in [0.15, 0.2) is 11.4 Å². The third-order valence-electron chi connectivity index (χ3n) is 5.03. The number of hydrazine groups is 1. The number of hydrogen-bond donors (Lipinski definition) is 3. The van der Waals surface area contributed by atoms with Crippen LogP contribution in [0.25, 0.3) is 16.5 Å². The van der Waals surface area contributed by atoms with E-state index in [-0.39, 0.29) is 5.41 Å². The van der Waals surface area contributed by atoms with Crippen molar-refractivity contribution in [2.75, 3.05) is 25.5 Å². The summed E-state index contributed by atoms with van der Waals surface area (Å²) in [7, 11) is 1.66. The zero-order valence-corrected chi connectivity index (χ0v) is 15.8. The average Bonchev–Trinajstić information content (AvgIpc) is 3.37. The number of nitrogens with zero attached hydrogens (tertiary/aromatic N) is 1. The van der Waals surface area contributed by atoms with Crippen LogP contribution in [0.5, 0.6) is 5.75 Å². The molecule has 1 aliphatic heterocycles. The Hall–Kier alpha value is -2.99. The van der Waals surface area contributed by atoms with Gasteiger partial charge in [-0.15, -0.1) is 0 Å². The van der Waals surface area contributed by atoms with E-state index in [1.807, 2.05) is 24.4 Å². The summed E-state index contributed by atoms with van der Waals surface area (Å²) in [5, 5.41) is 8.63. The quantitative estimate of drug-likeness (QED) is 0.620. The number of methoxy groups -OCH3 is 1. The minimum absolute atomic E-state index is 0.0564. The lowest BCUT2D eigenvalue weighted by Crippen LogP contribution is -2.27. The Bertz CT molecular complexity index is 977. The number of rotatable bonds is 6. The van der Waals surface area contributed by atoms with E-state index in [9.17, 15) is 0 Å². The Balaban J connectivity index is 1.67. The second kappa shape index (κ2) is 6.96. The summed E-state index contributed by atoms with van der Waals surface area (Å²) in [5.41, 5.74) is 10.2. The van der Waals surface area contributed by atoms with Crippen molar-refractivity contribution in [2.24, 2.45) is 0 Å². The molecular formula is C21H24N4O2.